The Kier molecular flexibility index (Phi) is 8.21. The molecule has 4 heterocycles. The Morgan fingerprint density at radius 3 is 2.36 bits per heavy atom. The van der Waals surface area contributed by atoms with Crippen molar-refractivity contribution in [2.24, 2.45) is 0 Å². The van der Waals surface area contributed by atoms with Crippen molar-refractivity contribution < 1.29 is 28.9 Å². The van der Waals surface area contributed by atoms with Crippen molar-refractivity contribution in [3.8, 4) is 17.2 Å². The van der Waals surface area contributed by atoms with Crippen LogP contribution in [0, 0.1) is 13.8 Å². The summed E-state index contributed by atoms with van der Waals surface area (Å²) in [4.78, 5) is 33.5. The molecule has 1 aliphatic heterocycles. The van der Waals surface area contributed by atoms with E-state index in [1.54, 1.807) is 41.8 Å². The van der Waals surface area contributed by atoms with Gasteiger partial charge in [0.2, 0.25) is 10.9 Å². The van der Waals surface area contributed by atoms with Crippen LogP contribution in [-0.2, 0) is 15.3 Å². The smallest absolute Gasteiger partial charge is 0.301 e. The zero-order valence-corrected chi connectivity index (χ0v) is 26.7. The van der Waals surface area contributed by atoms with E-state index in [0.717, 1.165) is 5.56 Å². The van der Waals surface area contributed by atoms with E-state index < -0.39 is 17.7 Å². The molecule has 230 valence electrons. The zero-order chi connectivity index (χ0) is 31.8. The quantitative estimate of drug-likeness (QED) is 0.0697. The van der Waals surface area contributed by atoms with E-state index in [9.17, 15) is 14.7 Å². The van der Waals surface area contributed by atoms with Gasteiger partial charge in [-0.1, -0.05) is 59.0 Å². The first kappa shape index (κ1) is 30.2. The van der Waals surface area contributed by atoms with Crippen LogP contribution in [0.3, 0.4) is 0 Å². The van der Waals surface area contributed by atoms with Crippen molar-refractivity contribution in [3.63, 3.8) is 0 Å². The van der Waals surface area contributed by atoms with Gasteiger partial charge in [-0.05, 0) is 49.2 Å². The number of imidazole rings is 1. The summed E-state index contributed by atoms with van der Waals surface area (Å²) in [5.41, 5.74) is 3.95. The number of aliphatic hydroxyl groups excluding tert-OH is 1. The summed E-state index contributed by atoms with van der Waals surface area (Å²) in [5, 5.41) is 20.7. The van der Waals surface area contributed by atoms with Crippen LogP contribution < -0.4 is 19.1 Å². The van der Waals surface area contributed by atoms with Gasteiger partial charge in [-0.15, -0.1) is 10.2 Å². The van der Waals surface area contributed by atoms with Crippen LogP contribution >= 0.6 is 23.1 Å². The molecule has 0 saturated carbocycles. The number of carbonyl (C=O) groups excluding carboxylic acids is 2. The van der Waals surface area contributed by atoms with Crippen molar-refractivity contribution >= 4 is 51.3 Å². The number of methoxy groups -OCH3 is 3. The average molecular weight is 644 g/mol. The molecular weight excluding hydrogens is 615 g/mol. The van der Waals surface area contributed by atoms with Crippen LogP contribution in [0.4, 0.5) is 5.13 Å². The molecule has 2 aromatic carbocycles. The van der Waals surface area contributed by atoms with E-state index in [-0.39, 0.29) is 16.5 Å². The van der Waals surface area contributed by atoms with Crippen LogP contribution in [0.2, 0.25) is 0 Å². The fourth-order valence-corrected chi connectivity index (χ4v) is 7.14. The van der Waals surface area contributed by atoms with E-state index in [0.29, 0.717) is 49.9 Å². The first-order valence-electron chi connectivity index (χ1n) is 13.8. The van der Waals surface area contributed by atoms with Gasteiger partial charge in [0.1, 0.15) is 11.3 Å². The number of rotatable bonds is 9. The third-order valence-electron chi connectivity index (χ3n) is 7.46. The van der Waals surface area contributed by atoms with Crippen molar-refractivity contribution in [3.05, 3.63) is 94.4 Å². The first-order chi connectivity index (χ1) is 21.7. The average Bonchev–Trinajstić information content (AvgIpc) is 3.73. The highest BCUT2D eigenvalue weighted by Crippen LogP contribution is 2.48. The fourth-order valence-electron chi connectivity index (χ4n) is 5.32. The number of thioether (sulfide) groups is 1. The maximum Gasteiger partial charge on any atom is 0.301 e. The van der Waals surface area contributed by atoms with Crippen LogP contribution in [-0.4, -0.2) is 57.7 Å². The number of hydrogen-bond donors (Lipinski definition) is 1. The van der Waals surface area contributed by atoms with Crippen LogP contribution in [0.25, 0.3) is 11.4 Å². The number of aryl methyl sites for hydroxylation is 2. The van der Waals surface area contributed by atoms with Gasteiger partial charge in [-0.25, -0.2) is 4.98 Å². The molecule has 6 rings (SSSR count). The molecule has 1 aliphatic rings. The number of carbonyl (C=O) groups is 2. The minimum atomic E-state index is -1.10. The van der Waals surface area contributed by atoms with Gasteiger partial charge >= 0.3 is 5.91 Å². The predicted molar refractivity (Wildman–Crippen MR) is 171 cm³/mol. The van der Waals surface area contributed by atoms with E-state index in [1.165, 1.54) is 54.9 Å². The number of aromatic nitrogens is 4. The third kappa shape index (κ3) is 5.38. The number of nitrogens with zero attached hydrogens (tertiary/aromatic N) is 5. The molecule has 3 aromatic heterocycles. The number of aliphatic hydroxyl groups is 1. The zero-order valence-electron chi connectivity index (χ0n) is 25.1. The minimum absolute atomic E-state index is 0.132. The second kappa shape index (κ2) is 12.3. The molecule has 45 heavy (non-hydrogen) atoms. The minimum Gasteiger partial charge on any atom is -0.505 e. The van der Waals surface area contributed by atoms with Crippen LogP contribution in [0.5, 0.6) is 17.2 Å². The second-order valence-corrected chi connectivity index (χ2v) is 12.4. The Labute approximate surface area is 267 Å². The van der Waals surface area contributed by atoms with Gasteiger partial charge in [-0.2, -0.15) is 0 Å². The number of pyridine rings is 1. The molecule has 1 unspecified atom stereocenters. The maximum absolute atomic E-state index is 13.9. The van der Waals surface area contributed by atoms with Crippen LogP contribution in [0.15, 0.2) is 70.7 Å². The number of fused-ring (bicyclic) bond motifs is 1. The fraction of sp³-hybridized carbons (Fsp3) is 0.219. The normalized spacial score (nSPS) is 16.0. The molecule has 1 N–H and O–H groups in total. The molecule has 1 amide bonds. The third-order valence-corrected chi connectivity index (χ3v) is 9.59. The summed E-state index contributed by atoms with van der Waals surface area (Å²) >= 11 is 2.66. The highest BCUT2D eigenvalue weighted by molar-refractivity contribution is 8.00. The van der Waals surface area contributed by atoms with E-state index in [2.05, 4.69) is 27.3 Å². The Morgan fingerprint density at radius 2 is 1.69 bits per heavy atom. The lowest BCUT2D eigenvalue weighted by Crippen LogP contribution is -2.29. The van der Waals surface area contributed by atoms with Gasteiger partial charge in [-0.3, -0.25) is 18.9 Å². The number of ether oxygens (including phenoxy) is 3. The lowest BCUT2D eigenvalue weighted by atomic mass is 9.95. The Bertz CT molecular complexity index is 1940. The highest BCUT2D eigenvalue weighted by Gasteiger charge is 2.49. The summed E-state index contributed by atoms with van der Waals surface area (Å²) in [6.07, 6.45) is 1.73. The SMILES string of the molecule is COc1cc(C2/C(=C(\O)c3c(C)nc4ccccn34)C(=O)C(=O)N2c2nnc(SCc3ccc(C)cc3)s2)cc(OC)c1OC. The number of hydrogen-bond acceptors (Lipinski definition) is 11. The summed E-state index contributed by atoms with van der Waals surface area (Å²) in [7, 11) is 4.43. The summed E-state index contributed by atoms with van der Waals surface area (Å²) in [6, 6.07) is 15.8. The molecule has 0 bridgehead atoms. The number of benzene rings is 2. The van der Waals surface area contributed by atoms with Crippen molar-refractivity contribution in [1.29, 1.82) is 0 Å². The number of anilines is 1. The van der Waals surface area contributed by atoms with Gasteiger partial charge < -0.3 is 19.3 Å². The maximum atomic E-state index is 13.9. The van der Waals surface area contributed by atoms with Crippen LogP contribution in [0.1, 0.15) is 34.1 Å². The Hall–Kier alpha value is -4.88. The molecule has 13 heteroatoms. The lowest BCUT2D eigenvalue weighted by Gasteiger charge is -2.24. The summed E-state index contributed by atoms with van der Waals surface area (Å²) < 4.78 is 19.0. The molecule has 1 saturated heterocycles. The predicted octanol–water partition coefficient (Wildman–Crippen LogP) is 5.75. The Morgan fingerprint density at radius 1 is 0.978 bits per heavy atom. The number of ketones is 1. The highest BCUT2D eigenvalue weighted by atomic mass is 32.2. The first-order valence-corrected chi connectivity index (χ1v) is 15.6. The van der Waals surface area contributed by atoms with Crippen molar-refractivity contribution in [1.82, 2.24) is 19.6 Å². The Balaban J connectivity index is 1.50. The van der Waals surface area contributed by atoms with Gasteiger partial charge in [0.15, 0.2) is 21.6 Å². The molecular formula is C32H29N5O6S2. The van der Waals surface area contributed by atoms with E-state index in [4.69, 9.17) is 14.2 Å². The van der Waals surface area contributed by atoms with Crippen molar-refractivity contribution in [2.45, 2.75) is 30.0 Å². The van der Waals surface area contributed by atoms with Gasteiger partial charge in [0.05, 0.1) is 38.6 Å². The van der Waals surface area contributed by atoms with E-state index >= 15 is 0 Å². The monoisotopic (exact) mass is 643 g/mol. The molecule has 5 aromatic rings. The summed E-state index contributed by atoms with van der Waals surface area (Å²) in [5.74, 6) is -0.482. The van der Waals surface area contributed by atoms with E-state index in [1.807, 2.05) is 25.1 Å². The summed E-state index contributed by atoms with van der Waals surface area (Å²) in [6.45, 7) is 3.76. The molecule has 0 radical (unpaired) electrons. The molecule has 0 spiro atoms. The molecule has 11 nitrogen and oxygen atoms in total. The lowest BCUT2D eigenvalue weighted by molar-refractivity contribution is -0.132. The van der Waals surface area contributed by atoms with Crippen molar-refractivity contribution in [2.75, 3.05) is 26.2 Å². The molecule has 0 aliphatic carbocycles. The number of amides is 1. The molecule has 1 atom stereocenters. The standard InChI is InChI=1S/C32H29N5O6S2/c1-17-9-11-19(12-10-17)16-44-32-35-34-31(45-32)37-26(20-14-21(41-3)29(43-5)22(15-20)42-4)24(28(39)30(37)40)27(38)25-18(2)33-23-8-6-7-13-36(23)25/h6-15,26,38H,16H2,1-5H3/b27-24+. The second-order valence-electron chi connectivity index (χ2n) is 10.2. The van der Waals surface area contributed by atoms with Gasteiger partial charge in [0.25, 0.3) is 5.78 Å². The topological polar surface area (TPSA) is 128 Å². The largest absolute Gasteiger partial charge is 0.505 e. The van der Waals surface area contributed by atoms with Gasteiger partial charge in [0, 0.05) is 11.9 Å². The molecule has 1 fully saturated rings. The number of Topliss-reactive ketones (excluding diaryl/α,β-unsaturated/α-hetero) is 1.